The Morgan fingerprint density at radius 2 is 1.88 bits per heavy atom. The molecule has 0 unspecified atom stereocenters. The van der Waals surface area contributed by atoms with Gasteiger partial charge in [0.2, 0.25) is 10.0 Å². The minimum absolute atomic E-state index is 0.0162. The van der Waals surface area contributed by atoms with Gasteiger partial charge in [0.05, 0.1) is 11.6 Å². The molecular weight excluding hydrogens is 451 g/mol. The van der Waals surface area contributed by atoms with Crippen molar-refractivity contribution in [3.05, 3.63) is 59.4 Å². The summed E-state index contributed by atoms with van der Waals surface area (Å²) in [6.07, 6.45) is 5.69. The molecule has 2 aliphatic rings. The summed E-state index contributed by atoms with van der Waals surface area (Å²) < 4.78 is 45.2. The second-order valence-electron chi connectivity index (χ2n) is 8.07. The third-order valence-corrected chi connectivity index (χ3v) is 8.10. The number of rotatable bonds is 6. The van der Waals surface area contributed by atoms with E-state index >= 15 is 0 Å². The van der Waals surface area contributed by atoms with Crippen LogP contribution in [0.25, 0.3) is 11.4 Å². The van der Waals surface area contributed by atoms with Gasteiger partial charge in [-0.1, -0.05) is 6.07 Å². The smallest absolute Gasteiger partial charge is 0.243 e. The normalized spacial score (nSPS) is 18.2. The molecule has 168 valence electrons. The van der Waals surface area contributed by atoms with Crippen molar-refractivity contribution in [1.29, 1.82) is 0 Å². The van der Waals surface area contributed by atoms with E-state index in [1.165, 1.54) is 22.5 Å². The molecule has 5 rings (SSSR count). The van der Waals surface area contributed by atoms with E-state index in [4.69, 9.17) is 17.3 Å². The summed E-state index contributed by atoms with van der Waals surface area (Å²) in [7, 11) is -3.72. The van der Waals surface area contributed by atoms with Gasteiger partial charge in [-0.2, -0.15) is 9.40 Å². The number of pyridine rings is 1. The molecule has 1 aliphatic carbocycles. The highest BCUT2D eigenvalue weighted by molar-refractivity contribution is 7.89. The maximum atomic E-state index is 13.5. The lowest BCUT2D eigenvalue weighted by Crippen LogP contribution is -2.48. The molecule has 11 heteroatoms. The first kappa shape index (κ1) is 21.4. The molecule has 3 aromatic rings. The van der Waals surface area contributed by atoms with Crippen LogP contribution in [-0.4, -0.2) is 63.1 Å². The number of hydrogen-bond donors (Lipinski definition) is 0. The molecular formula is C21H23FN6O2S2. The van der Waals surface area contributed by atoms with Gasteiger partial charge in [0, 0.05) is 50.2 Å². The van der Waals surface area contributed by atoms with Crippen LogP contribution in [0.1, 0.15) is 18.9 Å². The van der Waals surface area contributed by atoms with Gasteiger partial charge < -0.3 is 0 Å². The first-order valence-electron chi connectivity index (χ1n) is 10.5. The molecule has 0 amide bonds. The van der Waals surface area contributed by atoms with Crippen LogP contribution >= 0.6 is 12.2 Å². The number of sulfonamides is 1. The summed E-state index contributed by atoms with van der Waals surface area (Å²) in [6, 6.07) is 9.37. The maximum absolute atomic E-state index is 13.5. The van der Waals surface area contributed by atoms with E-state index in [2.05, 4.69) is 14.5 Å². The van der Waals surface area contributed by atoms with Gasteiger partial charge in [-0.15, -0.1) is 0 Å². The second kappa shape index (κ2) is 8.47. The molecule has 0 radical (unpaired) electrons. The monoisotopic (exact) mass is 474 g/mol. The average Bonchev–Trinajstić information content (AvgIpc) is 3.59. The summed E-state index contributed by atoms with van der Waals surface area (Å²) in [5.41, 5.74) is 0.926. The Morgan fingerprint density at radius 1 is 1.09 bits per heavy atom. The van der Waals surface area contributed by atoms with Gasteiger partial charge in [0.15, 0.2) is 10.6 Å². The summed E-state index contributed by atoms with van der Waals surface area (Å²) in [5, 5.41) is 4.78. The zero-order valence-corrected chi connectivity index (χ0v) is 19.0. The maximum Gasteiger partial charge on any atom is 0.243 e. The Hall–Kier alpha value is -2.47. The summed E-state index contributed by atoms with van der Waals surface area (Å²) in [6.45, 7) is 2.21. The lowest BCUT2D eigenvalue weighted by molar-refractivity contribution is 0.144. The van der Waals surface area contributed by atoms with Crippen LogP contribution in [0.5, 0.6) is 0 Å². The van der Waals surface area contributed by atoms with Gasteiger partial charge in [-0.3, -0.25) is 14.5 Å². The van der Waals surface area contributed by atoms with Crippen molar-refractivity contribution in [3.8, 4) is 11.4 Å². The van der Waals surface area contributed by atoms with Crippen LogP contribution in [0.15, 0.2) is 53.7 Å². The van der Waals surface area contributed by atoms with E-state index < -0.39 is 15.8 Å². The number of aromatic nitrogens is 4. The molecule has 0 bridgehead atoms. The molecule has 32 heavy (non-hydrogen) atoms. The molecule has 0 N–H and O–H groups in total. The number of halogens is 1. The van der Waals surface area contributed by atoms with Gasteiger partial charge in [-0.05, 0) is 55.4 Å². The molecule has 1 aromatic carbocycles. The van der Waals surface area contributed by atoms with E-state index in [9.17, 15) is 12.8 Å². The van der Waals surface area contributed by atoms with Gasteiger partial charge in [-0.25, -0.2) is 17.5 Å². The largest absolute Gasteiger partial charge is 0.297 e. The van der Waals surface area contributed by atoms with Crippen LogP contribution in [0, 0.1) is 10.6 Å². The summed E-state index contributed by atoms with van der Waals surface area (Å²) in [5.74, 6) is 0.257. The van der Waals surface area contributed by atoms with Crippen LogP contribution in [0.3, 0.4) is 0 Å². The van der Waals surface area contributed by atoms with Crippen molar-refractivity contribution in [1.82, 2.24) is 28.5 Å². The van der Waals surface area contributed by atoms with Crippen molar-refractivity contribution >= 4 is 22.2 Å². The fourth-order valence-electron chi connectivity index (χ4n) is 3.94. The van der Waals surface area contributed by atoms with Crippen LogP contribution < -0.4 is 0 Å². The Bertz CT molecular complexity index is 1280. The number of nitrogens with zero attached hydrogens (tertiary/aromatic N) is 6. The standard InChI is InChI=1S/C21H23FN6O2S2/c22-17-4-1-5-19(13-17)32(29,30)26-11-9-25(10-12-26)15-27-21(31)28(18-6-7-18)20(24-27)16-3-2-8-23-14-16/h1-5,8,13-14,18H,6-7,9-12,15H2. The SMILES string of the molecule is O=S(=O)(c1cccc(F)c1)N1CCN(Cn2nc(-c3cccnc3)n(C3CC3)c2=S)CC1. The van der Waals surface area contributed by atoms with Crippen LogP contribution in [0.4, 0.5) is 4.39 Å². The number of benzene rings is 1. The van der Waals surface area contributed by atoms with Crippen molar-refractivity contribution in [2.24, 2.45) is 0 Å². The average molecular weight is 475 g/mol. The number of hydrogen-bond acceptors (Lipinski definition) is 6. The zero-order valence-electron chi connectivity index (χ0n) is 17.3. The molecule has 2 fully saturated rings. The molecule has 1 saturated heterocycles. The highest BCUT2D eigenvalue weighted by atomic mass is 32.2. The lowest BCUT2D eigenvalue weighted by Gasteiger charge is -2.33. The van der Waals surface area contributed by atoms with Crippen LogP contribution in [-0.2, 0) is 16.7 Å². The lowest BCUT2D eigenvalue weighted by atomic mass is 10.3. The molecule has 8 nitrogen and oxygen atoms in total. The predicted octanol–water partition coefficient (Wildman–Crippen LogP) is 2.91. The van der Waals surface area contributed by atoms with E-state index in [0.29, 0.717) is 43.7 Å². The molecule has 0 atom stereocenters. The minimum Gasteiger partial charge on any atom is -0.297 e. The van der Waals surface area contributed by atoms with Crippen molar-refractivity contribution in [3.63, 3.8) is 0 Å². The Kier molecular flexibility index (Phi) is 5.66. The van der Waals surface area contributed by atoms with Gasteiger partial charge in [0.25, 0.3) is 0 Å². The minimum atomic E-state index is -3.72. The third-order valence-electron chi connectivity index (χ3n) is 5.80. The van der Waals surface area contributed by atoms with Crippen LogP contribution in [0.2, 0.25) is 0 Å². The molecule has 1 aliphatic heterocycles. The first-order valence-corrected chi connectivity index (χ1v) is 12.4. The zero-order chi connectivity index (χ0) is 22.3. The van der Waals surface area contributed by atoms with Crippen molar-refractivity contribution in [2.75, 3.05) is 26.2 Å². The van der Waals surface area contributed by atoms with E-state index in [1.807, 2.05) is 16.8 Å². The summed E-state index contributed by atoms with van der Waals surface area (Å²) in [4.78, 5) is 6.32. The van der Waals surface area contributed by atoms with E-state index in [-0.39, 0.29) is 4.90 Å². The predicted molar refractivity (Wildman–Crippen MR) is 119 cm³/mol. The Balaban J connectivity index is 1.31. The van der Waals surface area contributed by atoms with E-state index in [0.717, 1.165) is 30.3 Å². The Labute approximate surface area is 191 Å². The number of piperazine rings is 1. The highest BCUT2D eigenvalue weighted by Crippen LogP contribution is 2.38. The fourth-order valence-corrected chi connectivity index (χ4v) is 5.73. The van der Waals surface area contributed by atoms with Crippen molar-refractivity contribution in [2.45, 2.75) is 30.4 Å². The third kappa shape index (κ3) is 4.13. The fraction of sp³-hybridized carbons (Fsp3) is 0.381. The highest BCUT2D eigenvalue weighted by Gasteiger charge is 2.31. The molecule has 0 spiro atoms. The first-order chi connectivity index (χ1) is 15.4. The quantitative estimate of drug-likeness (QED) is 0.512. The molecule has 2 aromatic heterocycles. The molecule has 1 saturated carbocycles. The Morgan fingerprint density at radius 3 is 2.53 bits per heavy atom. The van der Waals surface area contributed by atoms with Crippen molar-refractivity contribution < 1.29 is 12.8 Å². The van der Waals surface area contributed by atoms with Gasteiger partial charge >= 0.3 is 0 Å². The molecule has 3 heterocycles. The topological polar surface area (TPSA) is 76.3 Å². The van der Waals surface area contributed by atoms with E-state index in [1.54, 1.807) is 12.4 Å². The van der Waals surface area contributed by atoms with Gasteiger partial charge in [0.1, 0.15) is 5.82 Å². The second-order valence-corrected chi connectivity index (χ2v) is 10.4. The summed E-state index contributed by atoms with van der Waals surface area (Å²) >= 11 is 5.73.